The highest BCUT2D eigenvalue weighted by atomic mass is 19.1. The Balaban J connectivity index is 2.42. The molecule has 3 heteroatoms. The third kappa shape index (κ3) is 2.88. The standard InChI is InChI=1S/C17H19F2N/c1-3-17(20,15-6-4-5-7-16(15)19)11-13-10-14(18)9-8-12(13)2/h4-10H,3,11,20H2,1-2H3. The summed E-state index contributed by atoms with van der Waals surface area (Å²) in [5.41, 5.74) is 7.84. The third-order valence-corrected chi connectivity index (χ3v) is 3.86. The van der Waals surface area contributed by atoms with Crippen LogP contribution in [0.25, 0.3) is 0 Å². The second kappa shape index (κ2) is 5.71. The summed E-state index contributed by atoms with van der Waals surface area (Å²) < 4.78 is 27.4. The summed E-state index contributed by atoms with van der Waals surface area (Å²) in [7, 11) is 0. The second-order valence-electron chi connectivity index (χ2n) is 5.24. The SMILES string of the molecule is CCC(N)(Cc1cc(F)ccc1C)c1ccccc1F. The van der Waals surface area contributed by atoms with Gasteiger partial charge in [-0.2, -0.15) is 0 Å². The molecule has 0 saturated heterocycles. The molecule has 1 unspecified atom stereocenters. The summed E-state index contributed by atoms with van der Waals surface area (Å²) in [5, 5.41) is 0. The van der Waals surface area contributed by atoms with E-state index in [1.165, 1.54) is 18.2 Å². The van der Waals surface area contributed by atoms with E-state index in [0.29, 0.717) is 18.4 Å². The van der Waals surface area contributed by atoms with Crippen molar-refractivity contribution in [1.82, 2.24) is 0 Å². The molecule has 2 aromatic carbocycles. The van der Waals surface area contributed by atoms with Crippen LogP contribution in [0.15, 0.2) is 42.5 Å². The topological polar surface area (TPSA) is 26.0 Å². The predicted molar refractivity (Wildman–Crippen MR) is 77.4 cm³/mol. The quantitative estimate of drug-likeness (QED) is 0.894. The zero-order chi connectivity index (χ0) is 14.8. The normalized spacial score (nSPS) is 14.1. The molecule has 2 aromatic rings. The summed E-state index contributed by atoms with van der Waals surface area (Å²) in [6.07, 6.45) is 0.984. The number of halogens is 2. The first-order chi connectivity index (χ1) is 9.46. The van der Waals surface area contributed by atoms with E-state index in [0.717, 1.165) is 11.1 Å². The first kappa shape index (κ1) is 14.7. The molecule has 1 atom stereocenters. The lowest BCUT2D eigenvalue weighted by Crippen LogP contribution is -2.39. The number of aryl methyl sites for hydroxylation is 1. The van der Waals surface area contributed by atoms with Gasteiger partial charge in [0.05, 0.1) is 0 Å². The van der Waals surface area contributed by atoms with E-state index in [1.807, 2.05) is 13.8 Å². The molecule has 0 aliphatic rings. The molecule has 2 N–H and O–H groups in total. The van der Waals surface area contributed by atoms with Crippen molar-refractivity contribution in [3.05, 3.63) is 70.8 Å². The number of hydrogen-bond donors (Lipinski definition) is 1. The molecule has 0 aliphatic carbocycles. The Bertz CT molecular complexity index is 610. The van der Waals surface area contributed by atoms with E-state index in [9.17, 15) is 8.78 Å². The largest absolute Gasteiger partial charge is 0.321 e. The molecule has 0 fully saturated rings. The van der Waals surface area contributed by atoms with Gasteiger partial charge in [0, 0.05) is 11.1 Å². The van der Waals surface area contributed by atoms with Gasteiger partial charge in [0.25, 0.3) is 0 Å². The maximum absolute atomic E-state index is 14.0. The minimum absolute atomic E-state index is 0.294. The molecule has 0 aromatic heterocycles. The van der Waals surface area contributed by atoms with E-state index in [2.05, 4.69) is 0 Å². The smallest absolute Gasteiger partial charge is 0.128 e. The molecular formula is C17H19F2N. The van der Waals surface area contributed by atoms with Gasteiger partial charge in [-0.15, -0.1) is 0 Å². The molecule has 0 radical (unpaired) electrons. The molecule has 0 amide bonds. The summed E-state index contributed by atoms with van der Waals surface area (Å²) in [6.45, 7) is 3.83. The van der Waals surface area contributed by atoms with Gasteiger partial charge in [-0.1, -0.05) is 31.2 Å². The van der Waals surface area contributed by atoms with Gasteiger partial charge in [0.1, 0.15) is 11.6 Å². The lowest BCUT2D eigenvalue weighted by atomic mass is 9.81. The predicted octanol–water partition coefficient (Wildman–Crippen LogP) is 4.08. The number of rotatable bonds is 4. The van der Waals surface area contributed by atoms with Crippen molar-refractivity contribution in [2.45, 2.75) is 32.2 Å². The Kier molecular flexibility index (Phi) is 4.19. The third-order valence-electron chi connectivity index (χ3n) is 3.86. The first-order valence-electron chi connectivity index (χ1n) is 6.75. The summed E-state index contributed by atoms with van der Waals surface area (Å²) in [5.74, 6) is -0.608. The van der Waals surface area contributed by atoms with Crippen LogP contribution in [0.2, 0.25) is 0 Å². The number of benzene rings is 2. The summed E-state index contributed by atoms with van der Waals surface area (Å²) in [4.78, 5) is 0. The van der Waals surface area contributed by atoms with Crippen LogP contribution >= 0.6 is 0 Å². The molecule has 106 valence electrons. The lowest BCUT2D eigenvalue weighted by Gasteiger charge is -2.30. The van der Waals surface area contributed by atoms with Crippen molar-refractivity contribution in [3.8, 4) is 0 Å². The van der Waals surface area contributed by atoms with E-state index in [4.69, 9.17) is 5.73 Å². The van der Waals surface area contributed by atoms with Crippen molar-refractivity contribution < 1.29 is 8.78 Å². The van der Waals surface area contributed by atoms with E-state index >= 15 is 0 Å². The Hall–Kier alpha value is -1.74. The van der Waals surface area contributed by atoms with Crippen molar-refractivity contribution >= 4 is 0 Å². The molecule has 0 heterocycles. The first-order valence-corrected chi connectivity index (χ1v) is 6.75. The monoisotopic (exact) mass is 275 g/mol. The maximum atomic E-state index is 14.0. The molecule has 0 spiro atoms. The van der Waals surface area contributed by atoms with Gasteiger partial charge in [-0.05, 0) is 49.1 Å². The molecule has 0 bridgehead atoms. The second-order valence-corrected chi connectivity index (χ2v) is 5.24. The molecular weight excluding hydrogens is 256 g/mol. The Morgan fingerprint density at radius 3 is 2.45 bits per heavy atom. The van der Waals surface area contributed by atoms with Crippen LogP contribution in [0, 0.1) is 18.6 Å². The van der Waals surface area contributed by atoms with Gasteiger partial charge >= 0.3 is 0 Å². The highest BCUT2D eigenvalue weighted by Gasteiger charge is 2.29. The fourth-order valence-electron chi connectivity index (χ4n) is 2.45. The van der Waals surface area contributed by atoms with Crippen LogP contribution in [0.5, 0.6) is 0 Å². The van der Waals surface area contributed by atoms with Gasteiger partial charge in [-0.25, -0.2) is 8.78 Å². The van der Waals surface area contributed by atoms with Crippen LogP contribution in [0.1, 0.15) is 30.0 Å². The van der Waals surface area contributed by atoms with Crippen LogP contribution in [0.3, 0.4) is 0 Å². The Labute approximate surface area is 118 Å². The van der Waals surface area contributed by atoms with Gasteiger partial charge in [0.15, 0.2) is 0 Å². The molecule has 1 nitrogen and oxygen atoms in total. The number of hydrogen-bond acceptors (Lipinski definition) is 1. The maximum Gasteiger partial charge on any atom is 0.128 e. The lowest BCUT2D eigenvalue weighted by molar-refractivity contribution is 0.401. The van der Waals surface area contributed by atoms with Crippen LogP contribution in [0.4, 0.5) is 8.78 Å². The van der Waals surface area contributed by atoms with Crippen molar-refractivity contribution in [3.63, 3.8) is 0 Å². The van der Waals surface area contributed by atoms with E-state index in [1.54, 1.807) is 24.3 Å². The molecule has 2 rings (SSSR count). The van der Waals surface area contributed by atoms with Crippen molar-refractivity contribution in [1.29, 1.82) is 0 Å². The van der Waals surface area contributed by atoms with Crippen molar-refractivity contribution in [2.75, 3.05) is 0 Å². The highest BCUT2D eigenvalue weighted by molar-refractivity contribution is 5.33. The minimum atomic E-state index is -0.829. The minimum Gasteiger partial charge on any atom is -0.321 e. The van der Waals surface area contributed by atoms with E-state index < -0.39 is 5.54 Å². The fraction of sp³-hybridized carbons (Fsp3) is 0.294. The van der Waals surface area contributed by atoms with Crippen LogP contribution in [-0.4, -0.2) is 0 Å². The van der Waals surface area contributed by atoms with Gasteiger partial charge in [0.2, 0.25) is 0 Å². The van der Waals surface area contributed by atoms with Gasteiger partial charge < -0.3 is 5.73 Å². The average molecular weight is 275 g/mol. The average Bonchev–Trinajstić information content (AvgIpc) is 2.43. The van der Waals surface area contributed by atoms with Crippen LogP contribution in [-0.2, 0) is 12.0 Å². The van der Waals surface area contributed by atoms with Crippen molar-refractivity contribution in [2.24, 2.45) is 5.73 Å². The fourth-order valence-corrected chi connectivity index (χ4v) is 2.45. The van der Waals surface area contributed by atoms with Crippen LogP contribution < -0.4 is 5.73 Å². The molecule has 20 heavy (non-hydrogen) atoms. The summed E-state index contributed by atoms with van der Waals surface area (Å²) >= 11 is 0. The highest BCUT2D eigenvalue weighted by Crippen LogP contribution is 2.29. The zero-order valence-electron chi connectivity index (χ0n) is 11.8. The Morgan fingerprint density at radius 1 is 1.10 bits per heavy atom. The summed E-state index contributed by atoms with van der Waals surface area (Å²) in [6, 6.07) is 11.1. The Morgan fingerprint density at radius 2 is 1.80 bits per heavy atom. The molecule has 0 saturated carbocycles. The molecule has 0 aliphatic heterocycles. The number of nitrogens with two attached hydrogens (primary N) is 1. The zero-order valence-corrected chi connectivity index (χ0v) is 11.8. The van der Waals surface area contributed by atoms with Gasteiger partial charge in [-0.3, -0.25) is 0 Å². The van der Waals surface area contributed by atoms with E-state index in [-0.39, 0.29) is 11.6 Å².